The molecule has 2 aromatic carbocycles. The highest BCUT2D eigenvalue weighted by Crippen LogP contribution is 2.25. The molecule has 0 aromatic heterocycles. The molecule has 0 aliphatic carbocycles. The molecule has 0 aliphatic heterocycles. The molecule has 0 aliphatic rings. The Balaban J connectivity index is 2.47. The number of hydrogen-bond donors (Lipinski definition) is 1. The Labute approximate surface area is 112 Å². The summed E-state index contributed by atoms with van der Waals surface area (Å²) >= 11 is 0. The maximum absolute atomic E-state index is 11.2. The minimum atomic E-state index is -0.351. The van der Waals surface area contributed by atoms with Gasteiger partial charge < -0.3 is 10.1 Å². The van der Waals surface area contributed by atoms with E-state index in [1.165, 1.54) is 18.6 Å². The minimum absolute atomic E-state index is 0.351. The predicted octanol–water partition coefficient (Wildman–Crippen LogP) is 3.46. The van der Waals surface area contributed by atoms with Crippen LogP contribution in [0.25, 0.3) is 16.8 Å². The zero-order valence-corrected chi connectivity index (χ0v) is 11.1. The highest BCUT2D eigenvalue weighted by molar-refractivity contribution is 5.93. The highest BCUT2D eigenvalue weighted by Gasteiger charge is 2.02. The molecule has 0 bridgehead atoms. The maximum Gasteiger partial charge on any atom is 0.330 e. The molecule has 98 valence electrons. The van der Waals surface area contributed by atoms with Crippen LogP contribution in [0.15, 0.2) is 42.5 Å². The fourth-order valence-electron chi connectivity index (χ4n) is 1.97. The summed E-state index contributed by atoms with van der Waals surface area (Å²) in [7, 11) is 1.37. The van der Waals surface area contributed by atoms with Gasteiger partial charge in [-0.05, 0) is 41.5 Å². The monoisotopic (exact) mass is 255 g/mol. The molecule has 0 heterocycles. The first-order chi connectivity index (χ1) is 9.24. The van der Waals surface area contributed by atoms with E-state index in [1.807, 2.05) is 19.1 Å². The van der Waals surface area contributed by atoms with Crippen LogP contribution in [0.1, 0.15) is 12.5 Å². The Morgan fingerprint density at radius 3 is 2.58 bits per heavy atom. The molecular formula is C16H17NO2. The van der Waals surface area contributed by atoms with E-state index in [4.69, 9.17) is 0 Å². The third kappa shape index (κ3) is 3.13. The topological polar surface area (TPSA) is 38.3 Å². The van der Waals surface area contributed by atoms with Crippen LogP contribution < -0.4 is 5.32 Å². The Kier molecular flexibility index (Phi) is 4.18. The van der Waals surface area contributed by atoms with Crippen molar-refractivity contribution in [2.24, 2.45) is 0 Å². The zero-order chi connectivity index (χ0) is 13.7. The lowest BCUT2D eigenvalue weighted by atomic mass is 10.0. The summed E-state index contributed by atoms with van der Waals surface area (Å²) in [6.45, 7) is 2.88. The van der Waals surface area contributed by atoms with Gasteiger partial charge in [0.05, 0.1) is 7.11 Å². The Bertz CT molecular complexity index is 617. The average Bonchev–Trinajstić information content (AvgIpc) is 2.45. The number of hydrogen-bond acceptors (Lipinski definition) is 3. The molecule has 0 unspecified atom stereocenters. The first-order valence-electron chi connectivity index (χ1n) is 6.27. The van der Waals surface area contributed by atoms with Gasteiger partial charge in [-0.2, -0.15) is 0 Å². The van der Waals surface area contributed by atoms with Crippen molar-refractivity contribution in [3.05, 3.63) is 48.0 Å². The fraction of sp³-hybridized carbons (Fsp3) is 0.188. The van der Waals surface area contributed by atoms with Gasteiger partial charge in [0.15, 0.2) is 0 Å². The van der Waals surface area contributed by atoms with Crippen LogP contribution in [0.3, 0.4) is 0 Å². The Morgan fingerprint density at radius 1 is 1.26 bits per heavy atom. The van der Waals surface area contributed by atoms with Crippen LogP contribution in [-0.4, -0.2) is 19.6 Å². The van der Waals surface area contributed by atoms with Crippen molar-refractivity contribution in [1.29, 1.82) is 0 Å². The summed E-state index contributed by atoms with van der Waals surface area (Å²) in [5.74, 6) is -0.351. The van der Waals surface area contributed by atoms with Gasteiger partial charge in [0.1, 0.15) is 0 Å². The van der Waals surface area contributed by atoms with Crippen LogP contribution in [-0.2, 0) is 9.53 Å². The number of benzene rings is 2. The second-order valence-electron chi connectivity index (χ2n) is 4.17. The quantitative estimate of drug-likeness (QED) is 0.671. The van der Waals surface area contributed by atoms with Crippen molar-refractivity contribution in [2.75, 3.05) is 19.0 Å². The van der Waals surface area contributed by atoms with Crippen molar-refractivity contribution in [2.45, 2.75) is 6.92 Å². The number of carbonyl (C=O) groups is 1. The number of fused-ring (bicyclic) bond motifs is 1. The lowest BCUT2D eigenvalue weighted by Gasteiger charge is -2.10. The second-order valence-corrected chi connectivity index (χ2v) is 4.17. The van der Waals surface area contributed by atoms with Gasteiger partial charge in [-0.15, -0.1) is 0 Å². The first kappa shape index (κ1) is 13.1. The van der Waals surface area contributed by atoms with Crippen molar-refractivity contribution in [1.82, 2.24) is 0 Å². The molecule has 0 spiro atoms. The molecule has 3 nitrogen and oxygen atoms in total. The van der Waals surface area contributed by atoms with E-state index in [1.54, 1.807) is 6.08 Å². The van der Waals surface area contributed by atoms with E-state index in [0.29, 0.717) is 0 Å². The van der Waals surface area contributed by atoms with Gasteiger partial charge in [-0.1, -0.05) is 24.3 Å². The molecule has 1 N–H and O–H groups in total. The molecular weight excluding hydrogens is 238 g/mol. The zero-order valence-electron chi connectivity index (χ0n) is 11.1. The molecule has 0 radical (unpaired) electrons. The standard InChI is InChI=1S/C16H17NO2/c1-3-17-15-11-13-7-5-4-6-12(13)10-14(15)8-9-16(18)19-2/h4-11,17H,3H2,1-2H3/b9-8+. The summed E-state index contributed by atoms with van der Waals surface area (Å²) in [5.41, 5.74) is 1.99. The summed E-state index contributed by atoms with van der Waals surface area (Å²) in [4.78, 5) is 11.2. The molecule has 2 rings (SSSR count). The average molecular weight is 255 g/mol. The summed E-state index contributed by atoms with van der Waals surface area (Å²) in [6, 6.07) is 12.3. The molecule has 0 amide bonds. The SMILES string of the molecule is CCNc1cc2ccccc2cc1/C=C/C(=O)OC. The van der Waals surface area contributed by atoms with Gasteiger partial charge in [0, 0.05) is 18.3 Å². The van der Waals surface area contributed by atoms with E-state index < -0.39 is 0 Å². The molecule has 0 atom stereocenters. The highest BCUT2D eigenvalue weighted by atomic mass is 16.5. The number of carbonyl (C=O) groups excluding carboxylic acids is 1. The van der Waals surface area contributed by atoms with Crippen molar-refractivity contribution < 1.29 is 9.53 Å². The van der Waals surface area contributed by atoms with Crippen LogP contribution in [0, 0.1) is 0 Å². The lowest BCUT2D eigenvalue weighted by molar-refractivity contribution is -0.134. The number of anilines is 1. The van der Waals surface area contributed by atoms with E-state index in [0.717, 1.165) is 23.2 Å². The largest absolute Gasteiger partial charge is 0.466 e. The van der Waals surface area contributed by atoms with E-state index in [2.05, 4.69) is 34.3 Å². The minimum Gasteiger partial charge on any atom is -0.466 e. The van der Waals surface area contributed by atoms with Crippen molar-refractivity contribution >= 4 is 28.5 Å². The summed E-state index contributed by atoms with van der Waals surface area (Å²) in [6.07, 6.45) is 3.21. The number of ether oxygens (including phenoxy) is 1. The number of nitrogens with one attached hydrogen (secondary N) is 1. The number of rotatable bonds is 4. The predicted molar refractivity (Wildman–Crippen MR) is 79.2 cm³/mol. The third-order valence-corrected chi connectivity index (χ3v) is 2.89. The molecule has 0 fully saturated rings. The van der Waals surface area contributed by atoms with Gasteiger partial charge in [-0.3, -0.25) is 0 Å². The lowest BCUT2D eigenvalue weighted by Crippen LogP contribution is -1.99. The van der Waals surface area contributed by atoms with Gasteiger partial charge in [0.2, 0.25) is 0 Å². The van der Waals surface area contributed by atoms with Crippen LogP contribution in [0.5, 0.6) is 0 Å². The van der Waals surface area contributed by atoms with Crippen LogP contribution in [0.2, 0.25) is 0 Å². The molecule has 3 heteroatoms. The van der Waals surface area contributed by atoms with Gasteiger partial charge >= 0.3 is 5.97 Å². The molecule has 0 saturated carbocycles. The van der Waals surface area contributed by atoms with Gasteiger partial charge in [0.25, 0.3) is 0 Å². The second kappa shape index (κ2) is 6.05. The van der Waals surface area contributed by atoms with Crippen LogP contribution in [0.4, 0.5) is 5.69 Å². The van der Waals surface area contributed by atoms with E-state index >= 15 is 0 Å². The molecule has 2 aromatic rings. The van der Waals surface area contributed by atoms with Crippen molar-refractivity contribution in [3.8, 4) is 0 Å². The normalized spacial score (nSPS) is 10.8. The van der Waals surface area contributed by atoms with Crippen LogP contribution >= 0.6 is 0 Å². The third-order valence-electron chi connectivity index (χ3n) is 2.89. The smallest absolute Gasteiger partial charge is 0.330 e. The fourth-order valence-corrected chi connectivity index (χ4v) is 1.97. The summed E-state index contributed by atoms with van der Waals surface area (Å²) in [5, 5.41) is 5.63. The van der Waals surface area contributed by atoms with Crippen molar-refractivity contribution in [3.63, 3.8) is 0 Å². The van der Waals surface area contributed by atoms with E-state index in [-0.39, 0.29) is 5.97 Å². The molecule has 19 heavy (non-hydrogen) atoms. The number of methoxy groups -OCH3 is 1. The summed E-state index contributed by atoms with van der Waals surface area (Å²) < 4.78 is 4.61. The first-order valence-corrected chi connectivity index (χ1v) is 6.27. The van der Waals surface area contributed by atoms with E-state index in [9.17, 15) is 4.79 Å². The Morgan fingerprint density at radius 2 is 1.95 bits per heavy atom. The molecule has 0 saturated heterocycles. The maximum atomic E-state index is 11.2. The number of esters is 1. The Hall–Kier alpha value is -2.29. The van der Waals surface area contributed by atoms with Gasteiger partial charge in [-0.25, -0.2) is 4.79 Å².